The Morgan fingerprint density at radius 3 is 2.52 bits per heavy atom. The summed E-state index contributed by atoms with van der Waals surface area (Å²) in [6, 6.07) is 5.61. The van der Waals surface area contributed by atoms with Crippen molar-refractivity contribution in [1.29, 1.82) is 0 Å². The predicted molar refractivity (Wildman–Crippen MR) is 122 cm³/mol. The molecule has 1 N–H and O–H groups in total. The molecule has 0 bridgehead atoms. The van der Waals surface area contributed by atoms with Crippen molar-refractivity contribution in [3.8, 4) is 5.75 Å². The summed E-state index contributed by atoms with van der Waals surface area (Å²) in [5.74, 6) is 0.761. The van der Waals surface area contributed by atoms with E-state index in [0.717, 1.165) is 11.9 Å². The zero-order chi connectivity index (χ0) is 22.8. The summed E-state index contributed by atoms with van der Waals surface area (Å²) in [4.78, 5) is 16.8. The SMILES string of the molecule is COc1cc(N2CCN(C(=O)Cn3nc(NS(C)(=O)=O)c(CCl)c3C)CC2)ccc1Cl. The van der Waals surface area contributed by atoms with Gasteiger partial charge in [-0.05, 0) is 19.1 Å². The highest BCUT2D eigenvalue weighted by Crippen LogP contribution is 2.30. The molecule has 9 nitrogen and oxygen atoms in total. The van der Waals surface area contributed by atoms with Crippen molar-refractivity contribution in [2.24, 2.45) is 0 Å². The van der Waals surface area contributed by atoms with Crippen LogP contribution in [0.25, 0.3) is 0 Å². The summed E-state index contributed by atoms with van der Waals surface area (Å²) in [6.07, 6.45) is 1.04. The minimum absolute atomic E-state index is 0.00985. The topological polar surface area (TPSA) is 96.8 Å². The predicted octanol–water partition coefficient (Wildman–Crippen LogP) is 2.31. The van der Waals surface area contributed by atoms with E-state index < -0.39 is 10.0 Å². The van der Waals surface area contributed by atoms with Gasteiger partial charge in [-0.25, -0.2) is 8.42 Å². The number of ether oxygens (including phenoxy) is 1. The average molecular weight is 490 g/mol. The molecule has 12 heteroatoms. The zero-order valence-corrected chi connectivity index (χ0v) is 19.9. The Hall–Kier alpha value is -2.17. The molecule has 2 aromatic rings. The first-order valence-corrected chi connectivity index (χ1v) is 12.4. The molecule has 2 heterocycles. The van der Waals surface area contributed by atoms with Crippen molar-refractivity contribution in [1.82, 2.24) is 14.7 Å². The van der Waals surface area contributed by atoms with Crippen molar-refractivity contribution < 1.29 is 17.9 Å². The Balaban J connectivity index is 1.65. The van der Waals surface area contributed by atoms with E-state index in [0.29, 0.717) is 48.2 Å². The molecule has 0 spiro atoms. The monoisotopic (exact) mass is 489 g/mol. The van der Waals surface area contributed by atoms with Gasteiger partial charge in [-0.3, -0.25) is 14.2 Å². The van der Waals surface area contributed by atoms with Crippen LogP contribution in [0, 0.1) is 6.92 Å². The number of aromatic nitrogens is 2. The van der Waals surface area contributed by atoms with Crippen LogP contribution in [0.2, 0.25) is 5.02 Å². The van der Waals surface area contributed by atoms with Gasteiger partial charge < -0.3 is 14.5 Å². The van der Waals surface area contributed by atoms with Crippen LogP contribution in [0.5, 0.6) is 5.75 Å². The maximum atomic E-state index is 12.8. The lowest BCUT2D eigenvalue weighted by Crippen LogP contribution is -2.49. The highest BCUT2D eigenvalue weighted by molar-refractivity contribution is 7.92. The van der Waals surface area contributed by atoms with Crippen LogP contribution >= 0.6 is 23.2 Å². The summed E-state index contributed by atoms with van der Waals surface area (Å²) in [6.45, 7) is 4.22. The number of methoxy groups -OCH3 is 1. The first-order chi connectivity index (χ1) is 14.6. The number of nitrogens with one attached hydrogen (secondary N) is 1. The molecule has 0 atom stereocenters. The number of rotatable bonds is 7. The van der Waals surface area contributed by atoms with Gasteiger partial charge in [0.1, 0.15) is 12.3 Å². The van der Waals surface area contributed by atoms with Crippen molar-refractivity contribution >= 4 is 50.6 Å². The number of benzene rings is 1. The molecule has 170 valence electrons. The van der Waals surface area contributed by atoms with E-state index in [2.05, 4.69) is 14.7 Å². The number of alkyl halides is 1. The standard InChI is InChI=1S/C19H25Cl2N5O4S/c1-13-15(11-20)19(23-31(3,28)29)22-26(13)12-18(27)25-8-6-24(7-9-25)14-4-5-16(21)17(10-14)30-2/h4-5,10H,6-9,11-12H2,1-3H3,(H,22,23). The number of hydrogen-bond acceptors (Lipinski definition) is 6. The Labute approximate surface area is 191 Å². The number of hydrogen-bond donors (Lipinski definition) is 1. The van der Waals surface area contributed by atoms with E-state index in [-0.39, 0.29) is 24.1 Å². The maximum Gasteiger partial charge on any atom is 0.244 e. The van der Waals surface area contributed by atoms with Gasteiger partial charge in [0.25, 0.3) is 0 Å². The highest BCUT2D eigenvalue weighted by Gasteiger charge is 2.24. The molecule has 0 radical (unpaired) electrons. The second-order valence-corrected chi connectivity index (χ2v) is 9.69. The van der Waals surface area contributed by atoms with Gasteiger partial charge in [0.2, 0.25) is 15.9 Å². The van der Waals surface area contributed by atoms with Gasteiger partial charge in [0.05, 0.1) is 24.3 Å². The van der Waals surface area contributed by atoms with Crippen LogP contribution in [0.3, 0.4) is 0 Å². The van der Waals surface area contributed by atoms with E-state index in [4.69, 9.17) is 27.9 Å². The first kappa shape index (κ1) is 23.5. The molecule has 1 saturated heterocycles. The highest BCUT2D eigenvalue weighted by atomic mass is 35.5. The number of amides is 1. The van der Waals surface area contributed by atoms with E-state index in [1.165, 1.54) is 4.68 Å². The number of halogens is 2. The number of anilines is 2. The van der Waals surface area contributed by atoms with E-state index >= 15 is 0 Å². The molecular weight excluding hydrogens is 465 g/mol. The Morgan fingerprint density at radius 2 is 1.94 bits per heavy atom. The third kappa shape index (κ3) is 5.55. The number of nitrogens with zero attached hydrogens (tertiary/aromatic N) is 4. The van der Waals surface area contributed by atoms with Gasteiger partial charge in [0.15, 0.2) is 5.82 Å². The largest absolute Gasteiger partial charge is 0.495 e. The van der Waals surface area contributed by atoms with E-state index in [9.17, 15) is 13.2 Å². The van der Waals surface area contributed by atoms with Crippen LogP contribution < -0.4 is 14.4 Å². The Bertz CT molecular complexity index is 1070. The van der Waals surface area contributed by atoms with Crippen molar-refractivity contribution in [2.75, 3.05) is 49.2 Å². The van der Waals surface area contributed by atoms with Crippen LogP contribution in [0.4, 0.5) is 11.5 Å². The van der Waals surface area contributed by atoms with Crippen LogP contribution in [-0.2, 0) is 27.2 Å². The molecule has 1 amide bonds. The molecule has 0 saturated carbocycles. The normalized spacial score (nSPS) is 14.6. The fourth-order valence-electron chi connectivity index (χ4n) is 3.44. The number of carbonyl (C=O) groups is 1. The molecule has 1 aromatic carbocycles. The smallest absolute Gasteiger partial charge is 0.244 e. The second kappa shape index (κ2) is 9.54. The minimum atomic E-state index is -3.50. The second-order valence-electron chi connectivity index (χ2n) is 7.26. The van der Waals surface area contributed by atoms with Crippen LogP contribution in [-0.4, -0.2) is 68.5 Å². The molecule has 1 aliphatic rings. The summed E-state index contributed by atoms with van der Waals surface area (Å²) in [5, 5.41) is 4.80. The minimum Gasteiger partial charge on any atom is -0.495 e. The van der Waals surface area contributed by atoms with Gasteiger partial charge >= 0.3 is 0 Å². The quantitative estimate of drug-likeness (QED) is 0.599. The van der Waals surface area contributed by atoms with Crippen molar-refractivity contribution in [3.05, 3.63) is 34.5 Å². The summed E-state index contributed by atoms with van der Waals surface area (Å²) in [7, 11) is -1.93. The molecular formula is C19H25Cl2N5O4S. The fourth-order valence-corrected chi connectivity index (χ4v) is 4.47. The number of sulfonamides is 1. The van der Waals surface area contributed by atoms with Gasteiger partial charge in [0, 0.05) is 49.2 Å². The third-order valence-corrected chi connectivity index (χ3v) is 6.31. The number of piperazine rings is 1. The van der Waals surface area contributed by atoms with E-state index in [1.807, 2.05) is 12.1 Å². The molecule has 1 aromatic heterocycles. The van der Waals surface area contributed by atoms with E-state index in [1.54, 1.807) is 25.0 Å². The lowest BCUT2D eigenvalue weighted by molar-refractivity contribution is -0.132. The lowest BCUT2D eigenvalue weighted by Gasteiger charge is -2.36. The Kier molecular flexibility index (Phi) is 7.23. The molecule has 3 rings (SSSR count). The summed E-state index contributed by atoms with van der Waals surface area (Å²) in [5.41, 5.74) is 2.20. The third-order valence-electron chi connectivity index (χ3n) is 5.16. The Morgan fingerprint density at radius 1 is 1.26 bits per heavy atom. The first-order valence-electron chi connectivity index (χ1n) is 9.59. The van der Waals surface area contributed by atoms with Crippen molar-refractivity contribution in [2.45, 2.75) is 19.3 Å². The summed E-state index contributed by atoms with van der Waals surface area (Å²) < 4.78 is 32.3. The fraction of sp³-hybridized carbons (Fsp3) is 0.474. The average Bonchev–Trinajstić information content (AvgIpc) is 3.00. The molecule has 0 aliphatic carbocycles. The van der Waals surface area contributed by atoms with Crippen molar-refractivity contribution in [3.63, 3.8) is 0 Å². The lowest BCUT2D eigenvalue weighted by atomic mass is 10.2. The van der Waals surface area contributed by atoms with Crippen LogP contribution in [0.15, 0.2) is 18.2 Å². The molecule has 1 aliphatic heterocycles. The zero-order valence-electron chi connectivity index (χ0n) is 17.6. The maximum absolute atomic E-state index is 12.8. The summed E-state index contributed by atoms with van der Waals surface area (Å²) >= 11 is 12.1. The molecule has 31 heavy (non-hydrogen) atoms. The molecule has 1 fully saturated rings. The van der Waals surface area contributed by atoms with Gasteiger partial charge in [-0.1, -0.05) is 11.6 Å². The van der Waals surface area contributed by atoms with Gasteiger partial charge in [-0.15, -0.1) is 11.6 Å². The molecule has 0 unspecified atom stereocenters. The van der Waals surface area contributed by atoms with Gasteiger partial charge in [-0.2, -0.15) is 5.10 Å². The number of carbonyl (C=O) groups excluding carboxylic acids is 1. The van der Waals surface area contributed by atoms with Crippen LogP contribution in [0.1, 0.15) is 11.3 Å².